The van der Waals surface area contributed by atoms with Gasteiger partial charge in [-0.15, -0.1) is 0 Å². The van der Waals surface area contributed by atoms with Gasteiger partial charge in [0.1, 0.15) is 0 Å². The summed E-state index contributed by atoms with van der Waals surface area (Å²) in [6, 6.07) is 7.61. The maximum absolute atomic E-state index is 11.2. The SMILES string of the molecule is CO/C=C/C1Cc2ccccc2N(C(=O)O)C1. The van der Waals surface area contributed by atoms with E-state index in [1.807, 2.05) is 30.3 Å². The Bertz CT molecular complexity index is 442. The van der Waals surface area contributed by atoms with Crippen molar-refractivity contribution in [1.29, 1.82) is 0 Å². The molecule has 4 heteroatoms. The summed E-state index contributed by atoms with van der Waals surface area (Å²) in [5.74, 6) is 0.168. The number of rotatable bonds is 2. The second-order valence-electron chi connectivity index (χ2n) is 4.05. The van der Waals surface area contributed by atoms with Gasteiger partial charge < -0.3 is 9.84 Å². The van der Waals surface area contributed by atoms with Crippen LogP contribution in [0.15, 0.2) is 36.6 Å². The quantitative estimate of drug-likeness (QED) is 0.798. The molecule has 1 amide bonds. The molecule has 0 bridgehead atoms. The Morgan fingerprint density at radius 1 is 1.53 bits per heavy atom. The molecule has 17 heavy (non-hydrogen) atoms. The van der Waals surface area contributed by atoms with Crippen molar-refractivity contribution < 1.29 is 14.6 Å². The van der Waals surface area contributed by atoms with Crippen LogP contribution < -0.4 is 4.90 Å². The van der Waals surface area contributed by atoms with Crippen molar-refractivity contribution in [2.45, 2.75) is 6.42 Å². The normalized spacial score (nSPS) is 19.1. The molecule has 4 nitrogen and oxygen atoms in total. The summed E-state index contributed by atoms with van der Waals surface area (Å²) in [7, 11) is 1.59. The molecule has 1 unspecified atom stereocenters. The highest BCUT2D eigenvalue weighted by Gasteiger charge is 2.26. The minimum absolute atomic E-state index is 0.168. The van der Waals surface area contributed by atoms with Crippen molar-refractivity contribution in [1.82, 2.24) is 0 Å². The predicted molar refractivity (Wildman–Crippen MR) is 65.2 cm³/mol. The van der Waals surface area contributed by atoms with Crippen molar-refractivity contribution in [2.75, 3.05) is 18.6 Å². The molecule has 0 fully saturated rings. The third-order valence-corrected chi connectivity index (χ3v) is 2.90. The van der Waals surface area contributed by atoms with Gasteiger partial charge in [-0.2, -0.15) is 0 Å². The molecule has 1 N–H and O–H groups in total. The van der Waals surface area contributed by atoms with E-state index in [1.165, 1.54) is 4.90 Å². The average molecular weight is 233 g/mol. The number of ether oxygens (including phenoxy) is 1. The lowest BCUT2D eigenvalue weighted by atomic mass is 9.93. The maximum atomic E-state index is 11.2. The van der Waals surface area contributed by atoms with E-state index in [1.54, 1.807) is 13.4 Å². The topological polar surface area (TPSA) is 49.8 Å². The third kappa shape index (κ3) is 2.41. The lowest BCUT2D eigenvalue weighted by Gasteiger charge is -2.31. The standard InChI is InChI=1S/C13H15NO3/c1-17-7-6-10-8-11-4-2-3-5-12(11)14(9-10)13(15)16/h2-7,10H,8-9H2,1H3,(H,15,16)/b7-6+. The number of anilines is 1. The molecule has 1 atom stereocenters. The van der Waals surface area contributed by atoms with Crippen LogP contribution in [0.25, 0.3) is 0 Å². The Balaban J connectivity index is 2.29. The highest BCUT2D eigenvalue weighted by molar-refractivity contribution is 5.87. The van der Waals surface area contributed by atoms with Crippen LogP contribution >= 0.6 is 0 Å². The Kier molecular flexibility index (Phi) is 3.32. The van der Waals surface area contributed by atoms with Gasteiger partial charge in [0.2, 0.25) is 0 Å². The maximum Gasteiger partial charge on any atom is 0.411 e. The highest BCUT2D eigenvalue weighted by Crippen LogP contribution is 2.30. The molecular formula is C13H15NO3. The molecule has 1 aliphatic rings. The van der Waals surface area contributed by atoms with Gasteiger partial charge in [0.25, 0.3) is 0 Å². The zero-order valence-corrected chi connectivity index (χ0v) is 9.67. The van der Waals surface area contributed by atoms with Gasteiger partial charge in [-0.3, -0.25) is 4.90 Å². The number of nitrogens with zero attached hydrogens (tertiary/aromatic N) is 1. The van der Waals surface area contributed by atoms with Crippen molar-refractivity contribution in [3.63, 3.8) is 0 Å². The number of benzene rings is 1. The van der Waals surface area contributed by atoms with Crippen LogP contribution in [0, 0.1) is 5.92 Å². The lowest BCUT2D eigenvalue weighted by Crippen LogP contribution is -2.38. The fourth-order valence-electron chi connectivity index (χ4n) is 2.13. The molecule has 0 saturated carbocycles. The van der Waals surface area contributed by atoms with Gasteiger partial charge >= 0.3 is 6.09 Å². The van der Waals surface area contributed by atoms with Gasteiger partial charge in [-0.05, 0) is 24.1 Å². The first-order chi connectivity index (χ1) is 8.22. The first kappa shape index (κ1) is 11.5. The Morgan fingerprint density at radius 2 is 2.29 bits per heavy atom. The number of methoxy groups -OCH3 is 1. The molecule has 0 radical (unpaired) electrons. The number of hydrogen-bond donors (Lipinski definition) is 1. The molecule has 0 spiro atoms. The Hall–Kier alpha value is -1.97. The fraction of sp³-hybridized carbons (Fsp3) is 0.308. The van der Waals surface area contributed by atoms with Gasteiger partial charge in [0.15, 0.2) is 0 Å². The van der Waals surface area contributed by atoms with E-state index in [9.17, 15) is 9.90 Å². The summed E-state index contributed by atoms with van der Waals surface area (Å²) in [6.45, 7) is 0.478. The lowest BCUT2D eigenvalue weighted by molar-refractivity contribution is 0.200. The molecule has 1 aromatic carbocycles. The third-order valence-electron chi connectivity index (χ3n) is 2.90. The van der Waals surface area contributed by atoms with Crippen LogP contribution in [-0.2, 0) is 11.2 Å². The zero-order chi connectivity index (χ0) is 12.3. The van der Waals surface area contributed by atoms with Crippen LogP contribution in [0.4, 0.5) is 10.5 Å². The second kappa shape index (κ2) is 4.91. The molecule has 1 aliphatic heterocycles. The highest BCUT2D eigenvalue weighted by atomic mass is 16.5. The smallest absolute Gasteiger partial charge is 0.411 e. The largest absolute Gasteiger partial charge is 0.505 e. The molecule has 0 saturated heterocycles. The number of para-hydroxylation sites is 1. The van der Waals surface area contributed by atoms with E-state index in [0.717, 1.165) is 17.7 Å². The number of hydrogen-bond acceptors (Lipinski definition) is 2. The summed E-state index contributed by atoms with van der Waals surface area (Å²) in [5.41, 5.74) is 1.86. The minimum Gasteiger partial charge on any atom is -0.505 e. The van der Waals surface area contributed by atoms with Gasteiger partial charge in [-0.1, -0.05) is 18.2 Å². The summed E-state index contributed by atoms with van der Waals surface area (Å²) in [6.07, 6.45) is 3.46. The number of fused-ring (bicyclic) bond motifs is 1. The molecule has 1 aromatic rings. The van der Waals surface area contributed by atoms with Crippen LogP contribution in [0.3, 0.4) is 0 Å². The molecule has 2 rings (SSSR count). The van der Waals surface area contributed by atoms with Gasteiger partial charge in [0.05, 0.1) is 19.1 Å². The zero-order valence-electron chi connectivity index (χ0n) is 9.67. The van der Waals surface area contributed by atoms with Gasteiger partial charge in [0, 0.05) is 12.5 Å². The van der Waals surface area contributed by atoms with E-state index in [4.69, 9.17) is 4.74 Å². The summed E-state index contributed by atoms with van der Waals surface area (Å²) < 4.78 is 4.88. The van der Waals surface area contributed by atoms with E-state index >= 15 is 0 Å². The van der Waals surface area contributed by atoms with Crippen LogP contribution in [0.1, 0.15) is 5.56 Å². The van der Waals surface area contributed by atoms with E-state index in [-0.39, 0.29) is 5.92 Å². The van der Waals surface area contributed by atoms with Crippen molar-refractivity contribution in [3.8, 4) is 0 Å². The minimum atomic E-state index is -0.909. The number of carboxylic acid groups (broad SMARTS) is 1. The van der Waals surface area contributed by atoms with E-state index in [0.29, 0.717) is 6.54 Å². The number of amides is 1. The average Bonchev–Trinajstić information content (AvgIpc) is 2.35. The first-order valence-electron chi connectivity index (χ1n) is 5.50. The molecule has 1 heterocycles. The monoisotopic (exact) mass is 233 g/mol. The Morgan fingerprint density at radius 3 is 3.00 bits per heavy atom. The first-order valence-corrected chi connectivity index (χ1v) is 5.50. The summed E-state index contributed by atoms with van der Waals surface area (Å²) in [5, 5.41) is 9.20. The van der Waals surface area contributed by atoms with Gasteiger partial charge in [-0.25, -0.2) is 4.79 Å². The molecule has 0 aliphatic carbocycles. The van der Waals surface area contributed by atoms with Crippen molar-refractivity contribution in [2.24, 2.45) is 5.92 Å². The van der Waals surface area contributed by atoms with E-state index < -0.39 is 6.09 Å². The fourth-order valence-corrected chi connectivity index (χ4v) is 2.13. The molecule has 0 aromatic heterocycles. The van der Waals surface area contributed by atoms with Crippen molar-refractivity contribution in [3.05, 3.63) is 42.2 Å². The number of carbonyl (C=O) groups is 1. The van der Waals surface area contributed by atoms with Crippen LogP contribution in [0.5, 0.6) is 0 Å². The second-order valence-corrected chi connectivity index (χ2v) is 4.05. The Labute approximate surface area is 100 Å². The van der Waals surface area contributed by atoms with Crippen LogP contribution in [-0.4, -0.2) is 24.9 Å². The van der Waals surface area contributed by atoms with E-state index in [2.05, 4.69) is 0 Å². The predicted octanol–water partition coefficient (Wildman–Crippen LogP) is 2.50. The van der Waals surface area contributed by atoms with Crippen LogP contribution in [0.2, 0.25) is 0 Å². The summed E-state index contributed by atoms with van der Waals surface area (Å²) >= 11 is 0. The molecular weight excluding hydrogens is 218 g/mol. The summed E-state index contributed by atoms with van der Waals surface area (Å²) in [4.78, 5) is 12.6. The molecule has 90 valence electrons. The van der Waals surface area contributed by atoms with Crippen molar-refractivity contribution >= 4 is 11.8 Å².